The lowest BCUT2D eigenvalue weighted by atomic mass is 9.94. The first-order chi connectivity index (χ1) is 19.6. The first-order valence-corrected chi connectivity index (χ1v) is 13.9. The van der Waals surface area contributed by atoms with Gasteiger partial charge in [-0.2, -0.15) is 18.4 Å². The molecule has 1 aromatic heterocycles. The fourth-order valence-electron chi connectivity index (χ4n) is 5.72. The van der Waals surface area contributed by atoms with Crippen LogP contribution < -0.4 is 15.4 Å². The largest absolute Gasteiger partial charge is 0.472 e. The van der Waals surface area contributed by atoms with Crippen molar-refractivity contribution in [3.05, 3.63) is 18.3 Å². The summed E-state index contributed by atoms with van der Waals surface area (Å²) in [7, 11) is 1.33. The van der Waals surface area contributed by atoms with Crippen molar-refractivity contribution in [2.75, 3.05) is 18.9 Å². The second kappa shape index (κ2) is 10.1. The third kappa shape index (κ3) is 5.73. The van der Waals surface area contributed by atoms with Crippen LogP contribution >= 0.6 is 0 Å². The van der Waals surface area contributed by atoms with Crippen LogP contribution in [-0.2, 0) is 19.2 Å². The average Bonchev–Trinajstić information content (AvgIpc) is 3.82. The van der Waals surface area contributed by atoms with Gasteiger partial charge < -0.3 is 25.2 Å². The normalized spacial score (nSPS) is 26.2. The van der Waals surface area contributed by atoms with Gasteiger partial charge in [-0.05, 0) is 61.5 Å². The van der Waals surface area contributed by atoms with Crippen molar-refractivity contribution in [3.63, 3.8) is 0 Å². The number of pyridine rings is 1. The van der Waals surface area contributed by atoms with E-state index in [-0.39, 0.29) is 42.8 Å². The number of hydrogen-bond donors (Lipinski definition) is 2. The van der Waals surface area contributed by atoms with Crippen molar-refractivity contribution in [1.82, 2.24) is 20.1 Å². The zero-order chi connectivity index (χ0) is 30.7. The molecule has 42 heavy (non-hydrogen) atoms. The molecule has 0 radical (unpaired) electrons. The first-order valence-electron chi connectivity index (χ1n) is 13.9. The number of amides is 4. The number of aromatic nitrogens is 1. The minimum absolute atomic E-state index is 0.00866. The van der Waals surface area contributed by atoms with Crippen LogP contribution in [0.1, 0.15) is 58.8 Å². The highest BCUT2D eigenvalue weighted by molar-refractivity contribution is 6.01. The monoisotopic (exact) mass is 590 g/mol. The van der Waals surface area contributed by atoms with Crippen LogP contribution in [0.2, 0.25) is 0 Å². The second-order valence-electron chi connectivity index (χ2n) is 12.7. The summed E-state index contributed by atoms with van der Waals surface area (Å²) >= 11 is 0. The Morgan fingerprint density at radius 1 is 1.24 bits per heavy atom. The number of carbonyl (C=O) groups is 4. The van der Waals surface area contributed by atoms with Gasteiger partial charge in [0.2, 0.25) is 17.4 Å². The minimum Gasteiger partial charge on any atom is -0.472 e. The van der Waals surface area contributed by atoms with Gasteiger partial charge in [0.25, 0.3) is 5.91 Å². The maximum Gasteiger partial charge on any atom is 0.471 e. The number of alkyl halides is 3. The van der Waals surface area contributed by atoms with Crippen molar-refractivity contribution in [2.45, 2.75) is 88.7 Å². The maximum absolute atomic E-state index is 14.2. The fraction of sp³-hybridized carbons (Fsp3) is 0.643. The number of nitrogens with one attached hydrogen (secondary N) is 2. The van der Waals surface area contributed by atoms with Gasteiger partial charge in [0, 0.05) is 19.7 Å². The smallest absolute Gasteiger partial charge is 0.471 e. The zero-order valence-corrected chi connectivity index (χ0v) is 23.6. The lowest BCUT2D eigenvalue weighted by Crippen LogP contribution is -2.58. The van der Waals surface area contributed by atoms with E-state index in [4.69, 9.17) is 4.74 Å². The number of anilines is 1. The summed E-state index contributed by atoms with van der Waals surface area (Å²) in [5.74, 6) is -3.72. The van der Waals surface area contributed by atoms with Crippen LogP contribution in [-0.4, -0.2) is 81.9 Å². The third-order valence-corrected chi connectivity index (χ3v) is 9.03. The Labute approximate surface area is 240 Å². The molecule has 0 aromatic carbocycles. The highest BCUT2D eigenvalue weighted by Gasteiger charge is 2.57. The van der Waals surface area contributed by atoms with Gasteiger partial charge in [-0.15, -0.1) is 0 Å². The fourth-order valence-corrected chi connectivity index (χ4v) is 5.72. The molecule has 4 amide bonds. The predicted octanol–water partition coefficient (Wildman–Crippen LogP) is 2.53. The van der Waals surface area contributed by atoms with E-state index >= 15 is 0 Å². The van der Waals surface area contributed by atoms with Gasteiger partial charge in [0.05, 0.1) is 12.6 Å². The zero-order valence-electron chi connectivity index (χ0n) is 23.6. The highest BCUT2D eigenvalue weighted by atomic mass is 19.4. The van der Waals surface area contributed by atoms with Gasteiger partial charge >= 0.3 is 12.1 Å². The van der Waals surface area contributed by atoms with E-state index in [2.05, 4.69) is 16.4 Å². The number of ether oxygens (including phenoxy) is 1. The molecule has 2 aliphatic heterocycles. The van der Waals surface area contributed by atoms with Gasteiger partial charge in [-0.3, -0.25) is 19.2 Å². The summed E-state index contributed by atoms with van der Waals surface area (Å²) in [5.41, 5.74) is -2.25. The standard InChI is InChI=1S/C28H33F3N6O5/c1-25(6-7-25)12-17(34-24(41)28(29,30)31)21(38)36(3)18(13-26(2)8-9-26)22(39)37-15-27(11-16(37)14-32)23(40)35-20-19(42-27)5-4-10-33-20/h4-5,10,16-18H,6-9,11-13,15H2,1-3H3,(H,34,41)(H,33,35,40)/t16-,17-,18-,27+/m0/s1. The number of halogens is 3. The number of likely N-dealkylation sites (tertiary alicyclic amines) is 1. The van der Waals surface area contributed by atoms with Crippen LogP contribution in [0, 0.1) is 22.2 Å². The predicted molar refractivity (Wildman–Crippen MR) is 140 cm³/mol. The summed E-state index contributed by atoms with van der Waals surface area (Å²) in [6.45, 7) is 3.49. The number of hydrogen-bond acceptors (Lipinski definition) is 7. The number of likely N-dealkylation sites (N-methyl/N-ethyl adjacent to an activating group) is 1. The summed E-state index contributed by atoms with van der Waals surface area (Å²) < 4.78 is 45.5. The Morgan fingerprint density at radius 3 is 2.48 bits per heavy atom. The topological polar surface area (TPSA) is 145 Å². The van der Waals surface area contributed by atoms with Gasteiger partial charge in [0.15, 0.2) is 11.6 Å². The van der Waals surface area contributed by atoms with Gasteiger partial charge in [0.1, 0.15) is 18.1 Å². The minimum atomic E-state index is -5.18. The molecule has 1 spiro atoms. The molecule has 4 atom stereocenters. The molecule has 1 saturated heterocycles. The molecule has 3 heterocycles. The summed E-state index contributed by atoms with van der Waals surface area (Å²) in [6, 6.07) is 1.58. The van der Waals surface area contributed by atoms with Crippen LogP contribution in [0.5, 0.6) is 5.75 Å². The lowest BCUT2D eigenvalue weighted by Gasteiger charge is -2.36. The molecule has 2 saturated carbocycles. The van der Waals surface area contributed by atoms with Crippen LogP contribution in [0.15, 0.2) is 18.3 Å². The summed E-state index contributed by atoms with van der Waals surface area (Å²) in [6.07, 6.45) is -0.675. The molecule has 14 heteroatoms. The van der Waals surface area contributed by atoms with Crippen molar-refractivity contribution in [1.29, 1.82) is 5.26 Å². The van der Waals surface area contributed by atoms with Crippen LogP contribution in [0.25, 0.3) is 0 Å². The van der Waals surface area contributed by atoms with E-state index in [1.807, 2.05) is 19.2 Å². The van der Waals surface area contributed by atoms with Crippen molar-refractivity contribution < 1.29 is 37.1 Å². The number of nitriles is 1. The Hall–Kier alpha value is -3.89. The van der Waals surface area contributed by atoms with E-state index in [1.54, 1.807) is 12.1 Å². The molecule has 11 nitrogen and oxygen atoms in total. The number of carbonyl (C=O) groups excluding carboxylic acids is 4. The van der Waals surface area contributed by atoms with Crippen LogP contribution in [0.4, 0.5) is 19.0 Å². The van der Waals surface area contributed by atoms with Crippen molar-refractivity contribution in [2.24, 2.45) is 10.8 Å². The van der Waals surface area contributed by atoms with Crippen LogP contribution in [0.3, 0.4) is 0 Å². The SMILES string of the molecule is CN(C(=O)[C@H](CC1(C)CC1)NC(=O)C(F)(F)F)[C@@H](CC1(C)CC1)C(=O)N1C[C@@]2(C[C@H]1C#N)Oc1cccnc1NC2=O. The molecule has 2 N–H and O–H groups in total. The first kappa shape index (κ1) is 29.6. The summed E-state index contributed by atoms with van der Waals surface area (Å²) in [4.78, 5) is 59.3. The molecule has 0 unspecified atom stereocenters. The molecular formula is C28H33F3N6O5. The molecule has 226 valence electrons. The highest BCUT2D eigenvalue weighted by Crippen LogP contribution is 2.51. The number of nitrogens with zero attached hydrogens (tertiary/aromatic N) is 4. The van der Waals surface area contributed by atoms with E-state index in [0.29, 0.717) is 12.8 Å². The Balaban J connectivity index is 1.41. The molecule has 0 bridgehead atoms. The Morgan fingerprint density at radius 2 is 1.88 bits per heavy atom. The molecule has 3 fully saturated rings. The Bertz CT molecular complexity index is 1350. The maximum atomic E-state index is 14.2. The average molecular weight is 591 g/mol. The molecule has 1 aromatic rings. The molecule has 5 rings (SSSR count). The Kier molecular flexibility index (Phi) is 7.14. The van der Waals surface area contributed by atoms with Crippen molar-refractivity contribution in [3.8, 4) is 11.8 Å². The third-order valence-electron chi connectivity index (χ3n) is 9.03. The number of fused-ring (bicyclic) bond motifs is 1. The number of rotatable bonds is 8. The second-order valence-corrected chi connectivity index (χ2v) is 12.7. The molecule has 2 aliphatic carbocycles. The van der Waals surface area contributed by atoms with Gasteiger partial charge in [-0.1, -0.05) is 13.8 Å². The molecule has 4 aliphatic rings. The van der Waals surface area contributed by atoms with E-state index in [9.17, 15) is 37.6 Å². The van der Waals surface area contributed by atoms with E-state index < -0.39 is 58.9 Å². The van der Waals surface area contributed by atoms with Gasteiger partial charge in [-0.25, -0.2) is 4.98 Å². The van der Waals surface area contributed by atoms with E-state index in [0.717, 1.165) is 17.7 Å². The van der Waals surface area contributed by atoms with E-state index in [1.165, 1.54) is 18.1 Å². The quantitative estimate of drug-likeness (QED) is 0.473. The lowest BCUT2D eigenvalue weighted by molar-refractivity contribution is -0.175. The van der Waals surface area contributed by atoms with Crippen molar-refractivity contribution >= 4 is 29.4 Å². The molecular weight excluding hydrogens is 557 g/mol. The summed E-state index contributed by atoms with van der Waals surface area (Å²) in [5, 5.41) is 14.5.